The van der Waals surface area contributed by atoms with Crippen molar-refractivity contribution < 1.29 is 31.4 Å². The first-order valence-corrected chi connectivity index (χ1v) is 8.67. The zero-order valence-corrected chi connectivity index (χ0v) is 17.2. The molecule has 0 bridgehead atoms. The molecule has 1 atom stereocenters. The van der Waals surface area contributed by atoms with E-state index in [9.17, 15) is 22.0 Å². The van der Waals surface area contributed by atoms with Gasteiger partial charge in [0.05, 0.1) is 6.04 Å². The number of ether oxygens (including phenoxy) is 2. The van der Waals surface area contributed by atoms with Crippen LogP contribution in [0.4, 0.5) is 22.0 Å². The summed E-state index contributed by atoms with van der Waals surface area (Å²) in [6.07, 6.45) is -4.75. The fourth-order valence-electron chi connectivity index (χ4n) is 3.24. The molecule has 2 aromatic rings. The molecule has 2 aromatic carbocycles. The Hall–Kier alpha value is -1.81. The molecule has 0 spiro atoms. The molecule has 1 aliphatic heterocycles. The Morgan fingerprint density at radius 2 is 1.27 bits per heavy atom. The third-order valence-electron chi connectivity index (χ3n) is 4.37. The molecule has 4 nitrogen and oxygen atoms in total. The summed E-state index contributed by atoms with van der Waals surface area (Å²) in [6, 6.07) is 11.8. The van der Waals surface area contributed by atoms with Crippen LogP contribution < -0.4 is 14.8 Å². The van der Waals surface area contributed by atoms with E-state index < -0.39 is 13.0 Å². The average Bonchev–Trinajstić information content (AvgIpc) is 2.64. The van der Waals surface area contributed by atoms with E-state index in [1.165, 1.54) is 24.3 Å². The molecule has 1 fully saturated rings. The van der Waals surface area contributed by atoms with Gasteiger partial charge in [0, 0.05) is 26.2 Å². The van der Waals surface area contributed by atoms with Gasteiger partial charge in [-0.15, -0.1) is 38.0 Å². The Morgan fingerprint density at radius 1 is 0.800 bits per heavy atom. The number of benzene rings is 2. The number of rotatable bonds is 6. The van der Waals surface area contributed by atoms with Crippen LogP contribution in [0.2, 0.25) is 0 Å². The molecule has 3 rings (SSSR count). The first-order chi connectivity index (χ1) is 13.3. The van der Waals surface area contributed by atoms with Gasteiger partial charge in [0.25, 0.3) is 0 Å². The summed E-state index contributed by atoms with van der Waals surface area (Å²) in [5, 5.41) is 3.25. The molecule has 0 aromatic heterocycles. The maximum Gasteiger partial charge on any atom is 0.573 e. The van der Waals surface area contributed by atoms with Crippen LogP contribution in [0, 0.1) is 0 Å². The first kappa shape index (κ1) is 26.2. The molecule has 0 unspecified atom stereocenters. The fraction of sp³-hybridized carbons (Fsp3) is 0.368. The molecule has 0 radical (unpaired) electrons. The summed E-state index contributed by atoms with van der Waals surface area (Å²) in [4.78, 5) is 2.18. The van der Waals surface area contributed by atoms with Gasteiger partial charge in [-0.2, -0.15) is 8.78 Å². The Balaban J connectivity index is 0.00000225. The highest BCUT2D eigenvalue weighted by molar-refractivity contribution is 5.85. The predicted molar refractivity (Wildman–Crippen MR) is 107 cm³/mol. The normalized spacial score (nSPS) is 15.7. The van der Waals surface area contributed by atoms with Crippen LogP contribution >= 0.6 is 24.8 Å². The van der Waals surface area contributed by atoms with Crippen molar-refractivity contribution in [3.8, 4) is 11.5 Å². The molecule has 1 aliphatic rings. The van der Waals surface area contributed by atoms with Crippen molar-refractivity contribution in [3.05, 3.63) is 59.7 Å². The van der Waals surface area contributed by atoms with E-state index >= 15 is 0 Å². The van der Waals surface area contributed by atoms with Crippen LogP contribution in [0.15, 0.2) is 48.5 Å². The van der Waals surface area contributed by atoms with Gasteiger partial charge in [-0.25, -0.2) is 0 Å². The zero-order valence-electron chi connectivity index (χ0n) is 15.6. The van der Waals surface area contributed by atoms with E-state index in [2.05, 4.69) is 19.7 Å². The van der Waals surface area contributed by atoms with Crippen molar-refractivity contribution in [2.24, 2.45) is 0 Å². The zero-order chi connectivity index (χ0) is 20.1. The highest BCUT2D eigenvalue weighted by Gasteiger charge is 2.31. The minimum Gasteiger partial charge on any atom is -0.435 e. The summed E-state index contributed by atoms with van der Waals surface area (Å²) in [6.45, 7) is 0.120. The number of nitrogens with one attached hydrogen (secondary N) is 1. The van der Waals surface area contributed by atoms with Gasteiger partial charge in [0.15, 0.2) is 0 Å². The Labute approximate surface area is 183 Å². The Kier molecular flexibility index (Phi) is 10.1. The molecule has 0 aliphatic carbocycles. The van der Waals surface area contributed by atoms with Crippen molar-refractivity contribution in [2.45, 2.75) is 19.0 Å². The van der Waals surface area contributed by atoms with Gasteiger partial charge in [-0.1, -0.05) is 24.3 Å². The molecule has 1 N–H and O–H groups in total. The van der Waals surface area contributed by atoms with Crippen LogP contribution in [0.25, 0.3) is 0 Å². The largest absolute Gasteiger partial charge is 0.573 e. The van der Waals surface area contributed by atoms with E-state index in [4.69, 9.17) is 0 Å². The molecule has 168 valence electrons. The molecule has 1 saturated heterocycles. The molecule has 0 amide bonds. The van der Waals surface area contributed by atoms with E-state index in [0.29, 0.717) is 0 Å². The maximum absolute atomic E-state index is 12.4. The number of hydrogen-bond acceptors (Lipinski definition) is 4. The lowest BCUT2D eigenvalue weighted by atomic mass is 9.96. The number of alkyl halides is 5. The number of halogens is 7. The van der Waals surface area contributed by atoms with Crippen molar-refractivity contribution in [1.29, 1.82) is 0 Å². The Morgan fingerprint density at radius 3 is 1.70 bits per heavy atom. The summed E-state index contributed by atoms with van der Waals surface area (Å²) >= 11 is 0. The Bertz CT molecular complexity index is 755. The van der Waals surface area contributed by atoms with Crippen molar-refractivity contribution in [2.75, 3.05) is 26.2 Å². The van der Waals surface area contributed by atoms with Crippen molar-refractivity contribution in [3.63, 3.8) is 0 Å². The van der Waals surface area contributed by atoms with Gasteiger partial charge >= 0.3 is 13.0 Å². The van der Waals surface area contributed by atoms with Gasteiger partial charge < -0.3 is 14.8 Å². The number of hydrogen-bond donors (Lipinski definition) is 1. The molecule has 11 heteroatoms. The smallest absolute Gasteiger partial charge is 0.435 e. The molecule has 1 heterocycles. The minimum absolute atomic E-state index is 0. The molecular weight excluding hydrogens is 454 g/mol. The quantitative estimate of drug-likeness (QED) is 0.595. The van der Waals surface area contributed by atoms with E-state index in [-0.39, 0.29) is 42.4 Å². The van der Waals surface area contributed by atoms with Crippen LogP contribution in [0.5, 0.6) is 11.5 Å². The number of piperazine rings is 1. The lowest BCUT2D eigenvalue weighted by molar-refractivity contribution is -0.274. The molecular formula is C19H21Cl2F5N2O2. The lowest BCUT2D eigenvalue weighted by Gasteiger charge is -2.35. The summed E-state index contributed by atoms with van der Waals surface area (Å²) in [7, 11) is 0. The summed E-state index contributed by atoms with van der Waals surface area (Å²) in [5.74, 6) is -0.247. The number of nitrogens with zero attached hydrogens (tertiary/aromatic N) is 1. The van der Waals surface area contributed by atoms with Crippen molar-refractivity contribution in [1.82, 2.24) is 10.2 Å². The average molecular weight is 475 g/mol. The second kappa shape index (κ2) is 11.5. The highest BCUT2D eigenvalue weighted by Crippen LogP contribution is 2.32. The van der Waals surface area contributed by atoms with Crippen LogP contribution in [0.1, 0.15) is 17.2 Å². The van der Waals surface area contributed by atoms with Gasteiger partial charge in [-0.05, 0) is 35.4 Å². The van der Waals surface area contributed by atoms with E-state index in [1.54, 1.807) is 24.3 Å². The second-order valence-electron chi connectivity index (χ2n) is 6.25. The van der Waals surface area contributed by atoms with Crippen LogP contribution in [-0.4, -0.2) is 44.1 Å². The molecule has 0 saturated carbocycles. The standard InChI is InChI=1S/C19H19F5N2O2.2ClH/c20-18(21)27-15-5-1-13(2-6-15)17(26-11-9-25-10-12-26)14-3-7-16(8-4-14)28-19(22,23)24;;/h1-8,17-18,25H,9-12H2;2*1H/t17-;;/m1../s1. The van der Waals surface area contributed by atoms with Gasteiger partial charge in [0.2, 0.25) is 0 Å². The third-order valence-corrected chi connectivity index (χ3v) is 4.37. The minimum atomic E-state index is -4.75. The van der Waals surface area contributed by atoms with Gasteiger partial charge in [-0.3, -0.25) is 4.90 Å². The third kappa shape index (κ3) is 7.46. The monoisotopic (exact) mass is 474 g/mol. The summed E-state index contributed by atoms with van der Waals surface area (Å²) in [5.41, 5.74) is 1.60. The fourth-order valence-corrected chi connectivity index (χ4v) is 3.24. The van der Waals surface area contributed by atoms with E-state index in [0.717, 1.165) is 37.3 Å². The topological polar surface area (TPSA) is 33.7 Å². The highest BCUT2D eigenvalue weighted by atomic mass is 35.5. The second-order valence-corrected chi connectivity index (χ2v) is 6.25. The van der Waals surface area contributed by atoms with Crippen LogP contribution in [0.3, 0.4) is 0 Å². The molecule has 30 heavy (non-hydrogen) atoms. The maximum atomic E-state index is 12.4. The van der Waals surface area contributed by atoms with Crippen molar-refractivity contribution >= 4 is 24.8 Å². The first-order valence-electron chi connectivity index (χ1n) is 8.67. The van der Waals surface area contributed by atoms with E-state index in [1.807, 2.05) is 0 Å². The SMILES string of the molecule is Cl.Cl.FC(F)Oc1ccc([C@H](c2ccc(OC(F)(F)F)cc2)N2CCNCC2)cc1. The lowest BCUT2D eigenvalue weighted by Crippen LogP contribution is -2.45. The van der Waals surface area contributed by atoms with Gasteiger partial charge in [0.1, 0.15) is 11.5 Å². The predicted octanol–water partition coefficient (Wildman–Crippen LogP) is 5.02. The summed E-state index contributed by atoms with van der Waals surface area (Å²) < 4.78 is 70.2. The van der Waals surface area contributed by atoms with Crippen LogP contribution in [-0.2, 0) is 0 Å².